The third-order valence-corrected chi connectivity index (χ3v) is 6.84. The van der Waals surface area contributed by atoms with Gasteiger partial charge in [-0.3, -0.25) is 9.59 Å². The van der Waals surface area contributed by atoms with Crippen molar-refractivity contribution in [3.05, 3.63) is 29.8 Å². The number of benzene rings is 1. The molecule has 8 heteroatoms. The molecule has 1 N–H and O–H groups in total. The molecule has 150 valence electrons. The van der Waals surface area contributed by atoms with Gasteiger partial charge in [-0.05, 0) is 45.4 Å². The number of likely N-dealkylation sites (tertiary alicyclic amines) is 1. The van der Waals surface area contributed by atoms with Gasteiger partial charge in [-0.25, -0.2) is 12.7 Å². The Morgan fingerprint density at radius 1 is 1.26 bits per heavy atom. The Morgan fingerprint density at radius 3 is 2.52 bits per heavy atom. The highest BCUT2D eigenvalue weighted by molar-refractivity contribution is 7.89. The van der Waals surface area contributed by atoms with Gasteiger partial charge < -0.3 is 10.2 Å². The standard InChI is InChI=1S/C19H29N3O4S/c1-15(23)16-8-10-18(11-9-16)27(25,26)21(3)12-5-7-19(24)22-13-4-6-17(22)14-20-2/h8-11,17,20H,4-7,12-14H2,1-3H3. The number of Topliss-reactive ketones (excluding diaryl/α,β-unsaturated/α-hetero) is 1. The van der Waals surface area contributed by atoms with Crippen molar-refractivity contribution in [3.8, 4) is 0 Å². The van der Waals surface area contributed by atoms with Gasteiger partial charge in [0.05, 0.1) is 4.90 Å². The molecule has 0 aromatic heterocycles. The lowest BCUT2D eigenvalue weighted by Gasteiger charge is -2.25. The van der Waals surface area contributed by atoms with Crippen molar-refractivity contribution in [2.75, 3.05) is 33.7 Å². The van der Waals surface area contributed by atoms with Crippen molar-refractivity contribution in [2.45, 2.75) is 43.5 Å². The predicted octanol–water partition coefficient (Wildman–Crippen LogP) is 1.50. The predicted molar refractivity (Wildman–Crippen MR) is 104 cm³/mol. The Hall–Kier alpha value is -1.77. The van der Waals surface area contributed by atoms with Crippen LogP contribution in [0.5, 0.6) is 0 Å². The van der Waals surface area contributed by atoms with Gasteiger partial charge in [0.1, 0.15) is 0 Å². The summed E-state index contributed by atoms with van der Waals surface area (Å²) >= 11 is 0. The van der Waals surface area contributed by atoms with Crippen LogP contribution in [0.4, 0.5) is 0 Å². The van der Waals surface area contributed by atoms with E-state index in [0.717, 1.165) is 25.9 Å². The van der Waals surface area contributed by atoms with Gasteiger partial charge in [0.25, 0.3) is 0 Å². The molecular weight excluding hydrogens is 366 g/mol. The number of hydrogen-bond acceptors (Lipinski definition) is 5. The second kappa shape index (κ2) is 9.43. The SMILES string of the molecule is CNCC1CCCN1C(=O)CCCN(C)S(=O)(=O)c1ccc(C(C)=O)cc1. The third-order valence-electron chi connectivity index (χ3n) is 4.97. The first-order valence-corrected chi connectivity index (χ1v) is 10.7. The van der Waals surface area contributed by atoms with E-state index in [1.807, 2.05) is 11.9 Å². The fraction of sp³-hybridized carbons (Fsp3) is 0.579. The normalized spacial score (nSPS) is 17.5. The summed E-state index contributed by atoms with van der Waals surface area (Å²) in [6, 6.07) is 6.16. The van der Waals surface area contributed by atoms with Crippen molar-refractivity contribution >= 4 is 21.7 Å². The number of carbonyl (C=O) groups excluding carboxylic acids is 2. The second-order valence-electron chi connectivity index (χ2n) is 6.95. The van der Waals surface area contributed by atoms with Gasteiger partial charge in [0, 0.05) is 44.7 Å². The highest BCUT2D eigenvalue weighted by Gasteiger charge is 2.28. The lowest BCUT2D eigenvalue weighted by molar-refractivity contribution is -0.132. The van der Waals surface area contributed by atoms with Crippen LogP contribution in [0.15, 0.2) is 29.2 Å². The maximum atomic E-state index is 12.6. The number of nitrogens with one attached hydrogen (secondary N) is 1. The summed E-state index contributed by atoms with van der Waals surface area (Å²) < 4.78 is 26.5. The van der Waals surface area contributed by atoms with Crippen molar-refractivity contribution in [3.63, 3.8) is 0 Å². The van der Waals surface area contributed by atoms with Crippen LogP contribution in [0.25, 0.3) is 0 Å². The molecule has 1 aliphatic heterocycles. The number of hydrogen-bond donors (Lipinski definition) is 1. The second-order valence-corrected chi connectivity index (χ2v) is 9.00. The Kier molecular flexibility index (Phi) is 7.52. The van der Waals surface area contributed by atoms with Crippen LogP contribution in [0.3, 0.4) is 0 Å². The maximum absolute atomic E-state index is 12.6. The van der Waals surface area contributed by atoms with Gasteiger partial charge >= 0.3 is 0 Å². The summed E-state index contributed by atoms with van der Waals surface area (Å²) in [6.07, 6.45) is 2.84. The lowest BCUT2D eigenvalue weighted by Crippen LogP contribution is -2.41. The zero-order valence-electron chi connectivity index (χ0n) is 16.3. The van der Waals surface area contributed by atoms with E-state index < -0.39 is 10.0 Å². The molecule has 1 amide bonds. The summed E-state index contributed by atoms with van der Waals surface area (Å²) in [7, 11) is -0.240. The minimum Gasteiger partial charge on any atom is -0.338 e. The quantitative estimate of drug-likeness (QED) is 0.641. The summed E-state index contributed by atoms with van der Waals surface area (Å²) in [5, 5.41) is 3.12. The maximum Gasteiger partial charge on any atom is 0.242 e. The van der Waals surface area contributed by atoms with Crippen LogP contribution < -0.4 is 5.32 Å². The summed E-state index contributed by atoms with van der Waals surface area (Å²) in [5.74, 6) is -0.0198. The molecule has 2 rings (SSSR count). The van der Waals surface area contributed by atoms with E-state index >= 15 is 0 Å². The molecule has 0 spiro atoms. The Morgan fingerprint density at radius 2 is 1.93 bits per heavy atom. The van der Waals surface area contributed by atoms with Crippen LogP contribution in [-0.4, -0.2) is 69.1 Å². The molecule has 1 heterocycles. The fourth-order valence-corrected chi connectivity index (χ4v) is 4.58. The van der Waals surface area contributed by atoms with E-state index in [9.17, 15) is 18.0 Å². The smallest absolute Gasteiger partial charge is 0.242 e. The number of carbonyl (C=O) groups is 2. The Labute approximate surface area is 161 Å². The zero-order valence-corrected chi connectivity index (χ0v) is 17.1. The van der Waals surface area contributed by atoms with Crippen molar-refractivity contribution < 1.29 is 18.0 Å². The summed E-state index contributed by atoms with van der Waals surface area (Å²) in [5.41, 5.74) is 0.476. The average molecular weight is 396 g/mol. The fourth-order valence-electron chi connectivity index (χ4n) is 3.37. The first-order chi connectivity index (χ1) is 12.8. The number of sulfonamides is 1. The van der Waals surface area contributed by atoms with Crippen molar-refractivity contribution in [2.24, 2.45) is 0 Å². The molecule has 0 radical (unpaired) electrons. The van der Waals surface area contributed by atoms with E-state index in [2.05, 4.69) is 5.32 Å². The van der Waals surface area contributed by atoms with Crippen LogP contribution >= 0.6 is 0 Å². The lowest BCUT2D eigenvalue weighted by atomic mass is 10.2. The number of nitrogens with zero attached hydrogens (tertiary/aromatic N) is 2. The highest BCUT2D eigenvalue weighted by Crippen LogP contribution is 2.19. The van der Waals surface area contributed by atoms with Gasteiger partial charge in [-0.1, -0.05) is 12.1 Å². The molecule has 1 atom stereocenters. The van der Waals surface area contributed by atoms with Crippen molar-refractivity contribution in [1.82, 2.24) is 14.5 Å². The number of likely N-dealkylation sites (N-methyl/N-ethyl adjacent to an activating group) is 1. The number of amides is 1. The molecule has 27 heavy (non-hydrogen) atoms. The molecule has 1 aromatic rings. The molecule has 0 aliphatic carbocycles. The monoisotopic (exact) mass is 395 g/mol. The Balaban J connectivity index is 1.89. The Bertz CT molecular complexity index is 762. The molecule has 1 saturated heterocycles. The summed E-state index contributed by atoms with van der Waals surface area (Å²) in [6.45, 7) is 3.28. The summed E-state index contributed by atoms with van der Waals surface area (Å²) in [4.78, 5) is 25.8. The zero-order chi connectivity index (χ0) is 20.0. The van der Waals surface area contributed by atoms with Gasteiger partial charge in [-0.2, -0.15) is 0 Å². The highest BCUT2D eigenvalue weighted by atomic mass is 32.2. The van der Waals surface area contributed by atoms with E-state index in [0.29, 0.717) is 18.4 Å². The van der Waals surface area contributed by atoms with Gasteiger partial charge in [0.2, 0.25) is 15.9 Å². The van der Waals surface area contributed by atoms with E-state index in [1.165, 1.54) is 42.5 Å². The molecule has 1 unspecified atom stereocenters. The van der Waals surface area contributed by atoms with Crippen molar-refractivity contribution in [1.29, 1.82) is 0 Å². The van der Waals surface area contributed by atoms with Crippen LogP contribution in [0, 0.1) is 0 Å². The minimum absolute atomic E-state index is 0.0874. The first-order valence-electron chi connectivity index (χ1n) is 9.28. The molecule has 1 aliphatic rings. The number of rotatable bonds is 9. The molecule has 1 fully saturated rings. The van der Waals surface area contributed by atoms with Crippen LogP contribution in [0.1, 0.15) is 43.0 Å². The minimum atomic E-state index is -3.63. The molecule has 0 saturated carbocycles. The third kappa shape index (κ3) is 5.37. The number of ketones is 1. The topological polar surface area (TPSA) is 86.8 Å². The molecule has 7 nitrogen and oxygen atoms in total. The molecule has 0 bridgehead atoms. The van der Waals surface area contributed by atoms with Gasteiger partial charge in [-0.15, -0.1) is 0 Å². The largest absolute Gasteiger partial charge is 0.338 e. The van der Waals surface area contributed by atoms with E-state index in [1.54, 1.807) is 0 Å². The van der Waals surface area contributed by atoms with Gasteiger partial charge in [0.15, 0.2) is 5.78 Å². The first kappa shape index (κ1) is 21.5. The molecule has 1 aromatic carbocycles. The molecular formula is C19H29N3O4S. The van der Waals surface area contributed by atoms with E-state index in [-0.39, 0.29) is 29.2 Å². The van der Waals surface area contributed by atoms with Crippen LogP contribution in [0.2, 0.25) is 0 Å². The van der Waals surface area contributed by atoms with Crippen LogP contribution in [-0.2, 0) is 14.8 Å². The average Bonchev–Trinajstić information content (AvgIpc) is 3.10. The van der Waals surface area contributed by atoms with E-state index in [4.69, 9.17) is 0 Å².